The van der Waals surface area contributed by atoms with E-state index in [-0.39, 0.29) is 17.6 Å². The van der Waals surface area contributed by atoms with E-state index in [0.29, 0.717) is 11.4 Å². The summed E-state index contributed by atoms with van der Waals surface area (Å²) in [6, 6.07) is 5.97. The largest absolute Gasteiger partial charge is 0.365 e. The normalized spacial score (nSPS) is 22.2. The van der Waals surface area contributed by atoms with E-state index in [1.54, 1.807) is 16.8 Å². The Hall–Kier alpha value is -2.75. The maximum atomic E-state index is 12.4. The molecule has 7 nitrogen and oxygen atoms in total. The molecule has 0 amide bonds. The molecule has 2 heterocycles. The molecule has 0 bridgehead atoms. The van der Waals surface area contributed by atoms with E-state index in [4.69, 9.17) is 5.26 Å². The molecule has 2 aliphatic rings. The summed E-state index contributed by atoms with van der Waals surface area (Å²) in [7, 11) is 0. The summed E-state index contributed by atoms with van der Waals surface area (Å²) < 4.78 is 1.70. The minimum absolute atomic E-state index is 0.0257. The lowest BCUT2D eigenvalue weighted by molar-refractivity contribution is 0.301. The van der Waals surface area contributed by atoms with Gasteiger partial charge in [0.25, 0.3) is 5.56 Å². The highest BCUT2D eigenvalue weighted by Crippen LogP contribution is 2.29. The molecule has 0 unspecified atom stereocenters. The summed E-state index contributed by atoms with van der Waals surface area (Å²) in [5.74, 6) is 0.543. The lowest BCUT2D eigenvalue weighted by Crippen LogP contribution is -2.34. The van der Waals surface area contributed by atoms with Gasteiger partial charge < -0.3 is 5.32 Å². The van der Waals surface area contributed by atoms with Crippen molar-refractivity contribution in [2.75, 3.05) is 5.32 Å². The van der Waals surface area contributed by atoms with Crippen molar-refractivity contribution in [2.24, 2.45) is 0 Å². The van der Waals surface area contributed by atoms with Gasteiger partial charge >= 0.3 is 0 Å². The highest BCUT2D eigenvalue weighted by atomic mass is 16.1. The molecule has 128 valence electrons. The van der Waals surface area contributed by atoms with Gasteiger partial charge in [-0.2, -0.15) is 15.5 Å². The molecule has 1 N–H and O–H groups in total. The molecular formula is C18H20N6O. The number of aromatic nitrogens is 4. The highest BCUT2D eigenvalue weighted by Gasteiger charge is 2.26. The predicted molar refractivity (Wildman–Crippen MR) is 92.2 cm³/mol. The maximum Gasteiger partial charge on any atom is 0.267 e. The van der Waals surface area contributed by atoms with Gasteiger partial charge in [-0.1, -0.05) is 0 Å². The van der Waals surface area contributed by atoms with Crippen LogP contribution in [0.5, 0.6) is 0 Å². The van der Waals surface area contributed by atoms with Crippen molar-refractivity contribution in [1.82, 2.24) is 20.0 Å². The van der Waals surface area contributed by atoms with Crippen LogP contribution in [0.1, 0.15) is 55.0 Å². The third-order valence-electron chi connectivity index (χ3n) is 5.21. The Kier molecular flexibility index (Phi) is 4.18. The average Bonchev–Trinajstić information content (AvgIpc) is 3.09. The van der Waals surface area contributed by atoms with E-state index in [9.17, 15) is 4.79 Å². The van der Waals surface area contributed by atoms with Gasteiger partial charge in [0, 0.05) is 12.1 Å². The topological polar surface area (TPSA) is 96.5 Å². The smallest absolute Gasteiger partial charge is 0.267 e. The number of rotatable bonds is 3. The van der Waals surface area contributed by atoms with Crippen LogP contribution in [0.2, 0.25) is 0 Å². The molecule has 0 radical (unpaired) electrons. The average molecular weight is 336 g/mol. The zero-order valence-corrected chi connectivity index (χ0v) is 14.0. The summed E-state index contributed by atoms with van der Waals surface area (Å²) in [6.07, 6.45) is 8.20. The number of fused-ring (bicyclic) bond motifs is 1. The second-order valence-electron chi connectivity index (χ2n) is 6.81. The van der Waals surface area contributed by atoms with Gasteiger partial charge in [0.15, 0.2) is 5.82 Å². The predicted octanol–water partition coefficient (Wildman–Crippen LogP) is 1.99. The number of nitriles is 1. The van der Waals surface area contributed by atoms with Crippen molar-refractivity contribution in [3.63, 3.8) is 0 Å². The van der Waals surface area contributed by atoms with Crippen LogP contribution in [0.4, 0.5) is 5.82 Å². The molecule has 2 aromatic heterocycles. The molecule has 0 aromatic carbocycles. The van der Waals surface area contributed by atoms with Gasteiger partial charge in [-0.3, -0.25) is 4.79 Å². The Bertz CT molecular complexity index is 876. The van der Waals surface area contributed by atoms with Crippen molar-refractivity contribution in [3.05, 3.63) is 45.5 Å². The molecule has 7 heteroatoms. The second-order valence-corrected chi connectivity index (χ2v) is 6.81. The molecular weight excluding hydrogens is 316 g/mol. The quantitative estimate of drug-likeness (QED) is 0.921. The molecule has 0 atom stereocenters. The van der Waals surface area contributed by atoms with Crippen molar-refractivity contribution in [3.8, 4) is 6.07 Å². The number of hydrogen-bond acceptors (Lipinski definition) is 6. The van der Waals surface area contributed by atoms with E-state index in [1.165, 1.54) is 6.20 Å². The fourth-order valence-electron chi connectivity index (χ4n) is 3.86. The van der Waals surface area contributed by atoms with Gasteiger partial charge in [0.1, 0.15) is 6.07 Å². The molecule has 0 spiro atoms. The zero-order chi connectivity index (χ0) is 17.2. The monoisotopic (exact) mass is 336 g/mol. The SMILES string of the molecule is N#Cc1ccnnc1NC1CCC(n2nc3c(cc2=O)CCC3)CC1. The second kappa shape index (κ2) is 6.63. The molecule has 0 aliphatic heterocycles. The van der Waals surface area contributed by atoms with Crippen LogP contribution in [-0.2, 0) is 12.8 Å². The van der Waals surface area contributed by atoms with Crippen LogP contribution in [0, 0.1) is 11.3 Å². The van der Waals surface area contributed by atoms with Gasteiger partial charge in [0.2, 0.25) is 0 Å². The van der Waals surface area contributed by atoms with Crippen LogP contribution < -0.4 is 10.9 Å². The summed E-state index contributed by atoms with van der Waals surface area (Å²) in [5, 5.41) is 25.0. The van der Waals surface area contributed by atoms with E-state index in [1.807, 2.05) is 0 Å². The number of aryl methyl sites for hydroxylation is 2. The molecule has 2 aromatic rings. The van der Waals surface area contributed by atoms with E-state index >= 15 is 0 Å². The molecule has 4 rings (SSSR count). The summed E-state index contributed by atoms with van der Waals surface area (Å²) in [4.78, 5) is 12.4. The van der Waals surface area contributed by atoms with Crippen LogP contribution in [-0.4, -0.2) is 26.0 Å². The standard InChI is InChI=1S/C18H20N6O/c19-11-13-8-9-20-22-18(13)21-14-4-6-15(7-5-14)24-17(25)10-12-2-1-3-16(12)23-24/h8-10,14-15H,1-7H2,(H,21,22). The van der Waals surface area contributed by atoms with Gasteiger partial charge in [-0.05, 0) is 56.6 Å². The Balaban J connectivity index is 1.44. The maximum absolute atomic E-state index is 12.4. The Morgan fingerprint density at radius 1 is 1.24 bits per heavy atom. The van der Waals surface area contributed by atoms with Crippen molar-refractivity contribution < 1.29 is 0 Å². The van der Waals surface area contributed by atoms with E-state index in [0.717, 1.165) is 56.2 Å². The fourth-order valence-corrected chi connectivity index (χ4v) is 3.86. The van der Waals surface area contributed by atoms with E-state index < -0.39 is 0 Å². The Morgan fingerprint density at radius 3 is 2.88 bits per heavy atom. The van der Waals surface area contributed by atoms with Gasteiger partial charge in [-0.15, -0.1) is 5.10 Å². The van der Waals surface area contributed by atoms with Crippen molar-refractivity contribution in [2.45, 2.75) is 57.0 Å². The molecule has 1 saturated carbocycles. The molecule has 1 fully saturated rings. The lowest BCUT2D eigenvalue weighted by atomic mass is 9.91. The summed E-state index contributed by atoms with van der Waals surface area (Å²) in [5.41, 5.74) is 2.76. The van der Waals surface area contributed by atoms with Crippen LogP contribution in [0.3, 0.4) is 0 Å². The number of anilines is 1. The lowest BCUT2D eigenvalue weighted by Gasteiger charge is -2.30. The minimum Gasteiger partial charge on any atom is -0.365 e. The number of hydrogen-bond donors (Lipinski definition) is 1. The third kappa shape index (κ3) is 3.12. The molecule has 0 saturated heterocycles. The number of nitrogens with one attached hydrogen (secondary N) is 1. The fraction of sp³-hybridized carbons (Fsp3) is 0.500. The molecule has 2 aliphatic carbocycles. The van der Waals surface area contributed by atoms with Crippen molar-refractivity contribution >= 4 is 5.82 Å². The van der Waals surface area contributed by atoms with Crippen molar-refractivity contribution in [1.29, 1.82) is 5.26 Å². The first-order valence-corrected chi connectivity index (χ1v) is 8.84. The van der Waals surface area contributed by atoms with E-state index in [2.05, 4.69) is 26.7 Å². The van der Waals surface area contributed by atoms with Gasteiger partial charge in [-0.25, -0.2) is 4.68 Å². The third-order valence-corrected chi connectivity index (χ3v) is 5.21. The summed E-state index contributed by atoms with van der Waals surface area (Å²) in [6.45, 7) is 0. The molecule has 25 heavy (non-hydrogen) atoms. The van der Waals surface area contributed by atoms with Crippen LogP contribution in [0.15, 0.2) is 23.1 Å². The van der Waals surface area contributed by atoms with Crippen LogP contribution >= 0.6 is 0 Å². The van der Waals surface area contributed by atoms with Crippen LogP contribution in [0.25, 0.3) is 0 Å². The minimum atomic E-state index is 0.0257. The summed E-state index contributed by atoms with van der Waals surface area (Å²) >= 11 is 0. The van der Waals surface area contributed by atoms with Gasteiger partial charge in [0.05, 0.1) is 23.5 Å². The first kappa shape index (κ1) is 15.8. The first-order chi connectivity index (χ1) is 12.2. The number of nitrogens with zero attached hydrogens (tertiary/aromatic N) is 5. The highest BCUT2D eigenvalue weighted by molar-refractivity contribution is 5.50. The Morgan fingerprint density at radius 2 is 2.08 bits per heavy atom. The first-order valence-electron chi connectivity index (χ1n) is 8.84. The zero-order valence-electron chi connectivity index (χ0n) is 14.0. The Labute approximate surface area is 145 Å².